The Labute approximate surface area is 165 Å². The van der Waals surface area contributed by atoms with Gasteiger partial charge in [-0.05, 0) is 76.5 Å². The van der Waals surface area contributed by atoms with E-state index in [1.54, 1.807) is 0 Å². The zero-order valence-corrected chi connectivity index (χ0v) is 16.8. The summed E-state index contributed by atoms with van der Waals surface area (Å²) < 4.78 is 1.91. The highest BCUT2D eigenvalue weighted by atomic mass is 15.2. The smallest absolute Gasteiger partial charge is 0.133 e. The van der Waals surface area contributed by atoms with E-state index in [1.807, 2.05) is 24.6 Å². The van der Waals surface area contributed by atoms with Crippen LogP contribution in [0.15, 0.2) is 47.3 Å². The van der Waals surface area contributed by atoms with Gasteiger partial charge in [-0.2, -0.15) is 5.10 Å². The van der Waals surface area contributed by atoms with Crippen LogP contribution in [0.4, 0.5) is 0 Å². The zero-order chi connectivity index (χ0) is 19.3. The summed E-state index contributed by atoms with van der Waals surface area (Å²) in [6, 6.07) is 2.08. The quantitative estimate of drug-likeness (QED) is 0.810. The maximum absolute atomic E-state index is 4.88. The van der Waals surface area contributed by atoms with Crippen molar-refractivity contribution in [3.8, 4) is 0 Å². The lowest BCUT2D eigenvalue weighted by molar-refractivity contribution is 0.239. The molecule has 6 nitrogen and oxygen atoms in total. The van der Waals surface area contributed by atoms with Gasteiger partial charge in [0.15, 0.2) is 0 Å². The zero-order valence-electron chi connectivity index (χ0n) is 16.8. The SMILES string of the molecule is Cc1cn2nc(C3=CCN4C=C(C5CCN(C)CC5)C=CC4=N3)cc2c(C)n1. The van der Waals surface area contributed by atoms with Crippen LogP contribution in [0.5, 0.6) is 0 Å². The predicted octanol–water partition coefficient (Wildman–Crippen LogP) is 3.20. The number of nitrogens with zero attached hydrogens (tertiary/aromatic N) is 6. The van der Waals surface area contributed by atoms with E-state index < -0.39 is 0 Å². The molecule has 2 aromatic heterocycles. The molecule has 0 aliphatic carbocycles. The minimum Gasteiger partial charge on any atom is -0.329 e. The molecule has 1 saturated heterocycles. The Morgan fingerprint density at radius 1 is 1.11 bits per heavy atom. The number of fused-ring (bicyclic) bond motifs is 2. The van der Waals surface area contributed by atoms with Crippen LogP contribution in [-0.2, 0) is 0 Å². The fourth-order valence-corrected chi connectivity index (χ4v) is 4.32. The van der Waals surface area contributed by atoms with E-state index in [9.17, 15) is 0 Å². The number of amidine groups is 1. The summed E-state index contributed by atoms with van der Waals surface area (Å²) in [4.78, 5) is 14.1. The molecular formula is C22H26N6. The molecule has 5 heterocycles. The molecule has 0 N–H and O–H groups in total. The molecule has 0 atom stereocenters. The van der Waals surface area contributed by atoms with Crippen molar-refractivity contribution in [3.05, 3.63) is 59.3 Å². The molecule has 0 aromatic carbocycles. The summed E-state index contributed by atoms with van der Waals surface area (Å²) in [5.74, 6) is 1.66. The first-order chi connectivity index (χ1) is 13.6. The van der Waals surface area contributed by atoms with E-state index in [0.717, 1.165) is 40.7 Å². The van der Waals surface area contributed by atoms with Gasteiger partial charge in [0.05, 0.1) is 28.8 Å². The number of hydrogen-bond acceptors (Lipinski definition) is 5. The molecule has 0 amide bonds. The van der Waals surface area contributed by atoms with Crippen molar-refractivity contribution in [2.75, 3.05) is 26.7 Å². The van der Waals surface area contributed by atoms with Crippen molar-refractivity contribution in [3.63, 3.8) is 0 Å². The lowest BCUT2D eigenvalue weighted by Gasteiger charge is -2.33. The number of hydrogen-bond donors (Lipinski definition) is 0. The fraction of sp³-hybridized carbons (Fsp3) is 0.409. The fourth-order valence-electron chi connectivity index (χ4n) is 4.32. The molecule has 0 radical (unpaired) electrons. The molecule has 0 saturated carbocycles. The first-order valence-electron chi connectivity index (χ1n) is 10.0. The second kappa shape index (κ2) is 6.71. The number of aryl methyl sites for hydroxylation is 2. The molecule has 5 rings (SSSR count). The topological polar surface area (TPSA) is 49.0 Å². The van der Waals surface area contributed by atoms with E-state index >= 15 is 0 Å². The van der Waals surface area contributed by atoms with Crippen LogP contribution < -0.4 is 0 Å². The molecule has 144 valence electrons. The Morgan fingerprint density at radius 3 is 2.75 bits per heavy atom. The Morgan fingerprint density at radius 2 is 1.93 bits per heavy atom. The number of aliphatic imine (C=N–C) groups is 1. The first kappa shape index (κ1) is 17.4. The van der Waals surface area contributed by atoms with Crippen molar-refractivity contribution in [1.82, 2.24) is 24.4 Å². The number of piperidine rings is 1. The molecule has 2 aromatic rings. The van der Waals surface area contributed by atoms with Gasteiger partial charge in [-0.1, -0.05) is 6.08 Å². The van der Waals surface area contributed by atoms with E-state index in [0.29, 0.717) is 5.92 Å². The molecule has 1 fully saturated rings. The second-order valence-electron chi connectivity index (χ2n) is 8.08. The van der Waals surface area contributed by atoms with Gasteiger partial charge in [0.1, 0.15) is 11.5 Å². The van der Waals surface area contributed by atoms with Crippen LogP contribution in [0.2, 0.25) is 0 Å². The van der Waals surface area contributed by atoms with E-state index in [1.165, 1.54) is 31.5 Å². The summed E-state index contributed by atoms with van der Waals surface area (Å²) in [5.41, 5.74) is 6.28. The number of allylic oxidation sites excluding steroid dienone is 2. The number of rotatable bonds is 2. The first-order valence-corrected chi connectivity index (χ1v) is 10.0. The van der Waals surface area contributed by atoms with Gasteiger partial charge >= 0.3 is 0 Å². The minimum atomic E-state index is 0.663. The normalized spacial score (nSPS) is 20.8. The van der Waals surface area contributed by atoms with Crippen molar-refractivity contribution in [2.24, 2.45) is 10.9 Å². The highest BCUT2D eigenvalue weighted by Gasteiger charge is 2.24. The maximum atomic E-state index is 4.88. The van der Waals surface area contributed by atoms with Gasteiger partial charge in [0.25, 0.3) is 0 Å². The molecular weight excluding hydrogens is 348 g/mol. The average molecular weight is 374 g/mol. The molecule has 0 bridgehead atoms. The van der Waals surface area contributed by atoms with Gasteiger partial charge in [-0.15, -0.1) is 0 Å². The van der Waals surface area contributed by atoms with Gasteiger partial charge in [0, 0.05) is 12.7 Å². The third kappa shape index (κ3) is 3.07. The molecule has 6 heteroatoms. The number of likely N-dealkylation sites (tertiary alicyclic amines) is 1. The van der Waals surface area contributed by atoms with E-state index in [4.69, 9.17) is 10.1 Å². The standard InChI is InChI=1S/C22H26N6/c1-15-13-28-21(16(2)23-15)12-20(25-28)19-8-11-27-14-18(4-5-22(27)24-19)17-6-9-26(3)10-7-17/h4-5,8,12-14,17H,6-7,9-11H2,1-3H3. The maximum Gasteiger partial charge on any atom is 0.133 e. The second-order valence-corrected chi connectivity index (χ2v) is 8.08. The highest BCUT2D eigenvalue weighted by molar-refractivity contribution is 6.00. The summed E-state index contributed by atoms with van der Waals surface area (Å²) in [6.07, 6.45) is 13.3. The molecule has 3 aliphatic heterocycles. The molecule has 0 unspecified atom stereocenters. The lowest BCUT2D eigenvalue weighted by atomic mass is 9.88. The van der Waals surface area contributed by atoms with Gasteiger partial charge in [0.2, 0.25) is 0 Å². The van der Waals surface area contributed by atoms with Crippen LogP contribution in [0, 0.1) is 19.8 Å². The monoisotopic (exact) mass is 374 g/mol. The molecule has 3 aliphatic rings. The van der Waals surface area contributed by atoms with Crippen LogP contribution >= 0.6 is 0 Å². The van der Waals surface area contributed by atoms with E-state index in [-0.39, 0.29) is 0 Å². The van der Waals surface area contributed by atoms with Crippen LogP contribution in [0.25, 0.3) is 11.2 Å². The highest BCUT2D eigenvalue weighted by Crippen LogP contribution is 2.29. The Balaban J connectivity index is 1.39. The predicted molar refractivity (Wildman–Crippen MR) is 112 cm³/mol. The van der Waals surface area contributed by atoms with Crippen LogP contribution in [0.1, 0.15) is 29.9 Å². The van der Waals surface area contributed by atoms with Gasteiger partial charge < -0.3 is 9.80 Å². The van der Waals surface area contributed by atoms with Crippen molar-refractivity contribution in [1.29, 1.82) is 0 Å². The van der Waals surface area contributed by atoms with Crippen molar-refractivity contribution >= 4 is 17.0 Å². The van der Waals surface area contributed by atoms with Crippen LogP contribution in [0.3, 0.4) is 0 Å². The van der Waals surface area contributed by atoms with Gasteiger partial charge in [-0.3, -0.25) is 4.98 Å². The Kier molecular flexibility index (Phi) is 4.16. The van der Waals surface area contributed by atoms with Crippen molar-refractivity contribution in [2.45, 2.75) is 26.7 Å². The van der Waals surface area contributed by atoms with Crippen LogP contribution in [-0.4, -0.2) is 56.9 Å². The summed E-state index contributed by atoms with van der Waals surface area (Å²) in [5, 5.41) is 4.73. The molecule has 28 heavy (non-hydrogen) atoms. The number of aromatic nitrogens is 3. The third-order valence-corrected chi connectivity index (χ3v) is 5.95. The summed E-state index contributed by atoms with van der Waals surface area (Å²) >= 11 is 0. The Bertz CT molecular complexity index is 1050. The largest absolute Gasteiger partial charge is 0.329 e. The third-order valence-electron chi connectivity index (χ3n) is 5.95. The summed E-state index contributed by atoms with van der Waals surface area (Å²) in [6.45, 7) is 7.21. The lowest BCUT2D eigenvalue weighted by Crippen LogP contribution is -2.34. The average Bonchev–Trinajstić information content (AvgIpc) is 3.12. The van der Waals surface area contributed by atoms with Crippen molar-refractivity contribution < 1.29 is 0 Å². The summed E-state index contributed by atoms with van der Waals surface area (Å²) in [7, 11) is 2.21. The molecule has 0 spiro atoms. The Hall–Kier alpha value is -2.73. The van der Waals surface area contributed by atoms with E-state index in [2.05, 4.69) is 52.3 Å². The van der Waals surface area contributed by atoms with Gasteiger partial charge in [-0.25, -0.2) is 9.51 Å². The minimum absolute atomic E-state index is 0.663.